The summed E-state index contributed by atoms with van der Waals surface area (Å²) in [6.45, 7) is 0.400. The summed E-state index contributed by atoms with van der Waals surface area (Å²) in [6, 6.07) is 20.9. The Labute approximate surface area is 181 Å². The van der Waals surface area contributed by atoms with Gasteiger partial charge in [0.15, 0.2) is 0 Å². The molecule has 0 heterocycles. The second-order valence-electron chi connectivity index (χ2n) is 6.08. The maximum absolute atomic E-state index is 10.8. The van der Waals surface area contributed by atoms with E-state index in [9.17, 15) is 15.4 Å². The Morgan fingerprint density at radius 2 is 1.83 bits per heavy atom. The van der Waals surface area contributed by atoms with Gasteiger partial charge in [0.25, 0.3) is 5.69 Å². The summed E-state index contributed by atoms with van der Waals surface area (Å²) < 4.78 is 6.58. The topological polar surface area (TPSA) is 76.2 Å². The molecule has 0 bridgehead atoms. The fourth-order valence-corrected chi connectivity index (χ4v) is 3.21. The van der Waals surface area contributed by atoms with Crippen molar-refractivity contribution in [2.24, 2.45) is 0 Å². The zero-order chi connectivity index (χ0) is 20.8. The number of rotatable bonds is 6. The Morgan fingerprint density at radius 3 is 2.41 bits per heavy atom. The van der Waals surface area contributed by atoms with Crippen molar-refractivity contribution in [1.82, 2.24) is 0 Å². The molecule has 3 aromatic rings. The Hall–Kier alpha value is -3.14. The lowest BCUT2D eigenvalue weighted by Gasteiger charge is -2.09. The Balaban J connectivity index is 1.76. The molecule has 0 aromatic heterocycles. The molecule has 0 saturated heterocycles. The average molecular weight is 470 g/mol. The fraction of sp³-hybridized carbons (Fsp3) is 0.0455. The molecule has 0 N–H and O–H groups in total. The summed E-state index contributed by atoms with van der Waals surface area (Å²) in [6.07, 6.45) is 1.72. The van der Waals surface area contributed by atoms with Gasteiger partial charge in [0.2, 0.25) is 0 Å². The second-order valence-corrected chi connectivity index (χ2v) is 7.37. The monoisotopic (exact) mass is 468 g/mol. The summed E-state index contributed by atoms with van der Waals surface area (Å²) in [7, 11) is 0. The van der Waals surface area contributed by atoms with E-state index in [2.05, 4.69) is 22.0 Å². The van der Waals surface area contributed by atoms with Crippen LogP contribution in [0.15, 0.2) is 71.2 Å². The number of hydrogen-bond donors (Lipinski definition) is 0. The van der Waals surface area contributed by atoms with E-state index in [0.29, 0.717) is 28.5 Å². The van der Waals surface area contributed by atoms with Crippen LogP contribution >= 0.6 is 27.5 Å². The molecule has 0 aliphatic carbocycles. The summed E-state index contributed by atoms with van der Waals surface area (Å²) in [5, 5.41) is 20.9. The van der Waals surface area contributed by atoms with Crippen molar-refractivity contribution in [2.45, 2.75) is 6.61 Å². The number of non-ortho nitro benzene ring substituents is 1. The molecule has 0 spiro atoms. The first kappa shape index (κ1) is 20.6. The van der Waals surface area contributed by atoms with Gasteiger partial charge in [-0.05, 0) is 75.1 Å². The molecule has 0 amide bonds. The predicted octanol–water partition coefficient (Wildman–Crippen LogP) is 6.65. The molecule has 7 heteroatoms. The molecule has 0 atom stereocenters. The van der Waals surface area contributed by atoms with Crippen molar-refractivity contribution in [3.63, 3.8) is 0 Å². The van der Waals surface area contributed by atoms with Crippen LogP contribution in [0.2, 0.25) is 5.02 Å². The third-order valence-corrected chi connectivity index (χ3v) is 4.96. The van der Waals surface area contributed by atoms with Gasteiger partial charge in [-0.1, -0.05) is 29.8 Å². The molecule has 0 saturated carbocycles. The first-order valence-corrected chi connectivity index (χ1v) is 9.67. The summed E-state index contributed by atoms with van der Waals surface area (Å²) in [5.74, 6) is 0.672. The number of nitro groups is 1. The van der Waals surface area contributed by atoms with Gasteiger partial charge in [0.1, 0.15) is 12.4 Å². The van der Waals surface area contributed by atoms with Crippen LogP contribution in [-0.4, -0.2) is 4.92 Å². The lowest BCUT2D eigenvalue weighted by Crippen LogP contribution is -1.96. The van der Waals surface area contributed by atoms with Crippen LogP contribution in [0.5, 0.6) is 5.75 Å². The number of hydrogen-bond acceptors (Lipinski definition) is 4. The number of nitro benzene ring substituents is 1. The third-order valence-electron chi connectivity index (χ3n) is 4.08. The number of allylic oxidation sites excluding steroid dienone is 1. The number of benzene rings is 3. The molecule has 0 aliphatic heterocycles. The number of halogens is 2. The highest BCUT2D eigenvalue weighted by Gasteiger charge is 2.08. The van der Waals surface area contributed by atoms with Crippen molar-refractivity contribution in [3.8, 4) is 11.8 Å². The number of nitriles is 1. The largest absolute Gasteiger partial charge is 0.488 e. The minimum atomic E-state index is -0.473. The van der Waals surface area contributed by atoms with Gasteiger partial charge in [0, 0.05) is 17.2 Å². The van der Waals surface area contributed by atoms with Gasteiger partial charge in [-0.25, -0.2) is 0 Å². The van der Waals surface area contributed by atoms with E-state index in [0.717, 1.165) is 15.6 Å². The van der Waals surface area contributed by atoms with Crippen LogP contribution in [0, 0.1) is 21.4 Å². The lowest BCUT2D eigenvalue weighted by atomic mass is 10.0. The van der Waals surface area contributed by atoms with E-state index in [-0.39, 0.29) is 5.69 Å². The van der Waals surface area contributed by atoms with Crippen molar-refractivity contribution in [3.05, 3.63) is 103 Å². The molecule has 3 rings (SSSR count). The summed E-state index contributed by atoms with van der Waals surface area (Å²) in [5.41, 5.74) is 2.79. The Morgan fingerprint density at radius 1 is 1.14 bits per heavy atom. The van der Waals surface area contributed by atoms with E-state index in [4.69, 9.17) is 16.3 Å². The van der Waals surface area contributed by atoms with E-state index >= 15 is 0 Å². The van der Waals surface area contributed by atoms with Gasteiger partial charge in [0.05, 0.1) is 21.0 Å². The quantitative estimate of drug-likeness (QED) is 0.175. The Kier molecular flexibility index (Phi) is 6.65. The molecule has 144 valence electrons. The van der Waals surface area contributed by atoms with Gasteiger partial charge >= 0.3 is 0 Å². The molecule has 0 fully saturated rings. The minimum absolute atomic E-state index is 0.0176. The molecule has 29 heavy (non-hydrogen) atoms. The normalized spacial score (nSPS) is 11.0. The molecule has 3 aromatic carbocycles. The van der Waals surface area contributed by atoms with Crippen LogP contribution in [0.4, 0.5) is 5.69 Å². The highest BCUT2D eigenvalue weighted by Crippen LogP contribution is 2.29. The van der Waals surface area contributed by atoms with Crippen LogP contribution in [0.1, 0.15) is 16.7 Å². The molecule has 5 nitrogen and oxygen atoms in total. The standard InChI is InChI=1S/C22H14BrClN2O3/c23-21-12-16(3-10-22(21)29-14-15-1-6-19(24)7-2-15)11-18(13-25)17-4-8-20(9-5-17)26(27)28/h1-12H,14H2/b18-11-. The zero-order valence-electron chi connectivity index (χ0n) is 15.0. The Bertz CT molecular complexity index is 1100. The van der Waals surface area contributed by atoms with E-state index < -0.39 is 4.92 Å². The molecular formula is C22H14BrClN2O3. The summed E-state index contributed by atoms with van der Waals surface area (Å²) >= 11 is 9.38. The van der Waals surface area contributed by atoms with E-state index in [1.807, 2.05) is 42.5 Å². The van der Waals surface area contributed by atoms with Crippen molar-refractivity contribution >= 4 is 44.9 Å². The lowest BCUT2D eigenvalue weighted by molar-refractivity contribution is -0.384. The SMILES string of the molecule is N#C/C(=C/c1ccc(OCc2ccc(Cl)cc2)c(Br)c1)c1ccc([N+](=O)[O-])cc1. The maximum atomic E-state index is 10.8. The first-order chi connectivity index (χ1) is 14.0. The van der Waals surface area contributed by atoms with E-state index in [1.54, 1.807) is 18.2 Å². The van der Waals surface area contributed by atoms with Gasteiger partial charge in [-0.3, -0.25) is 10.1 Å². The number of ether oxygens (including phenoxy) is 1. The minimum Gasteiger partial charge on any atom is -0.488 e. The van der Waals surface area contributed by atoms with Crippen molar-refractivity contribution in [2.75, 3.05) is 0 Å². The number of nitrogens with zero attached hydrogens (tertiary/aromatic N) is 2. The average Bonchev–Trinajstić information content (AvgIpc) is 2.72. The summed E-state index contributed by atoms with van der Waals surface area (Å²) in [4.78, 5) is 10.3. The molecular weight excluding hydrogens is 456 g/mol. The van der Waals surface area contributed by atoms with Crippen LogP contribution in [0.25, 0.3) is 11.6 Å². The molecule has 0 unspecified atom stereocenters. The second kappa shape index (κ2) is 9.37. The van der Waals surface area contributed by atoms with Gasteiger partial charge < -0.3 is 4.74 Å². The van der Waals surface area contributed by atoms with E-state index in [1.165, 1.54) is 12.1 Å². The third kappa shape index (κ3) is 5.44. The van der Waals surface area contributed by atoms with Gasteiger partial charge in [-0.15, -0.1) is 0 Å². The fourth-order valence-electron chi connectivity index (χ4n) is 2.58. The smallest absolute Gasteiger partial charge is 0.269 e. The highest BCUT2D eigenvalue weighted by molar-refractivity contribution is 9.10. The highest BCUT2D eigenvalue weighted by atomic mass is 79.9. The van der Waals surface area contributed by atoms with Crippen molar-refractivity contribution in [1.29, 1.82) is 5.26 Å². The van der Waals surface area contributed by atoms with Crippen LogP contribution in [0.3, 0.4) is 0 Å². The van der Waals surface area contributed by atoms with Crippen LogP contribution in [-0.2, 0) is 6.61 Å². The molecule has 0 aliphatic rings. The molecule has 0 radical (unpaired) electrons. The van der Waals surface area contributed by atoms with Gasteiger partial charge in [-0.2, -0.15) is 5.26 Å². The van der Waals surface area contributed by atoms with Crippen molar-refractivity contribution < 1.29 is 9.66 Å². The first-order valence-electron chi connectivity index (χ1n) is 8.49. The van der Waals surface area contributed by atoms with Crippen LogP contribution < -0.4 is 4.74 Å². The zero-order valence-corrected chi connectivity index (χ0v) is 17.4. The predicted molar refractivity (Wildman–Crippen MR) is 117 cm³/mol. The maximum Gasteiger partial charge on any atom is 0.269 e.